The van der Waals surface area contributed by atoms with E-state index in [2.05, 4.69) is 36.2 Å². The lowest BCUT2D eigenvalue weighted by molar-refractivity contribution is 0.629. The van der Waals surface area contributed by atoms with Crippen LogP contribution < -0.4 is 5.32 Å². The second-order valence-electron chi connectivity index (χ2n) is 4.86. The van der Waals surface area contributed by atoms with Crippen molar-refractivity contribution >= 4 is 17.4 Å². The van der Waals surface area contributed by atoms with Gasteiger partial charge in [0.1, 0.15) is 5.82 Å². The van der Waals surface area contributed by atoms with E-state index in [1.54, 1.807) is 17.1 Å². The van der Waals surface area contributed by atoms with Crippen molar-refractivity contribution in [3.63, 3.8) is 0 Å². The van der Waals surface area contributed by atoms with E-state index in [-0.39, 0.29) is 5.54 Å². The molecular formula is C12H15ClN4. The standard InChI is InChI=1S/C12H15ClN4/c1-12(2,3)16-10-5-4-6-11(15-10)17-8-9(13)7-14-17/h4-8H,1-3H3,(H,15,16). The van der Waals surface area contributed by atoms with E-state index in [1.807, 2.05) is 18.2 Å². The van der Waals surface area contributed by atoms with Gasteiger partial charge in [-0.05, 0) is 32.9 Å². The highest BCUT2D eigenvalue weighted by molar-refractivity contribution is 6.30. The molecule has 5 heteroatoms. The van der Waals surface area contributed by atoms with Crippen molar-refractivity contribution in [1.82, 2.24) is 14.8 Å². The number of halogens is 1. The Balaban J connectivity index is 2.29. The van der Waals surface area contributed by atoms with Crippen LogP contribution in [0.15, 0.2) is 30.6 Å². The smallest absolute Gasteiger partial charge is 0.155 e. The predicted molar refractivity (Wildman–Crippen MR) is 69.7 cm³/mol. The average Bonchev–Trinajstić information content (AvgIpc) is 2.63. The van der Waals surface area contributed by atoms with Crippen LogP contribution in [0.1, 0.15) is 20.8 Å². The zero-order valence-electron chi connectivity index (χ0n) is 10.1. The lowest BCUT2D eigenvalue weighted by atomic mass is 10.1. The molecule has 0 amide bonds. The highest BCUT2D eigenvalue weighted by atomic mass is 35.5. The monoisotopic (exact) mass is 250 g/mol. The zero-order chi connectivity index (χ0) is 12.5. The van der Waals surface area contributed by atoms with E-state index in [0.717, 1.165) is 11.6 Å². The van der Waals surface area contributed by atoms with Crippen LogP contribution in [0.5, 0.6) is 0 Å². The molecular weight excluding hydrogens is 236 g/mol. The highest BCUT2D eigenvalue weighted by Crippen LogP contribution is 2.15. The van der Waals surface area contributed by atoms with Gasteiger partial charge in [-0.1, -0.05) is 17.7 Å². The van der Waals surface area contributed by atoms with Crippen LogP contribution in [0.3, 0.4) is 0 Å². The van der Waals surface area contributed by atoms with Gasteiger partial charge in [-0.25, -0.2) is 9.67 Å². The summed E-state index contributed by atoms with van der Waals surface area (Å²) in [7, 11) is 0. The van der Waals surface area contributed by atoms with Gasteiger partial charge in [-0.3, -0.25) is 0 Å². The van der Waals surface area contributed by atoms with Crippen molar-refractivity contribution in [2.75, 3.05) is 5.32 Å². The van der Waals surface area contributed by atoms with Crippen LogP contribution in [0.4, 0.5) is 5.82 Å². The van der Waals surface area contributed by atoms with E-state index >= 15 is 0 Å². The number of rotatable bonds is 2. The van der Waals surface area contributed by atoms with Crippen molar-refractivity contribution in [1.29, 1.82) is 0 Å². The molecule has 2 aromatic rings. The fourth-order valence-electron chi connectivity index (χ4n) is 1.43. The first kappa shape index (κ1) is 11.9. The molecule has 0 radical (unpaired) electrons. The van der Waals surface area contributed by atoms with Gasteiger partial charge in [-0.15, -0.1) is 0 Å². The zero-order valence-corrected chi connectivity index (χ0v) is 10.9. The second-order valence-corrected chi connectivity index (χ2v) is 5.30. The van der Waals surface area contributed by atoms with Crippen LogP contribution >= 0.6 is 11.6 Å². The molecule has 0 aliphatic carbocycles. The molecule has 0 unspecified atom stereocenters. The van der Waals surface area contributed by atoms with E-state index in [1.165, 1.54) is 0 Å². The Morgan fingerprint density at radius 3 is 2.65 bits per heavy atom. The van der Waals surface area contributed by atoms with Crippen LogP contribution in [-0.2, 0) is 0 Å². The topological polar surface area (TPSA) is 42.7 Å². The van der Waals surface area contributed by atoms with Crippen LogP contribution in [0, 0.1) is 0 Å². The first-order valence-electron chi connectivity index (χ1n) is 5.40. The molecule has 1 N–H and O–H groups in total. The van der Waals surface area contributed by atoms with Crippen molar-refractivity contribution in [2.24, 2.45) is 0 Å². The molecule has 2 heterocycles. The van der Waals surface area contributed by atoms with Crippen molar-refractivity contribution < 1.29 is 0 Å². The Kier molecular flexibility index (Phi) is 3.07. The third kappa shape index (κ3) is 3.20. The maximum absolute atomic E-state index is 5.83. The molecule has 2 aromatic heterocycles. The van der Waals surface area contributed by atoms with Gasteiger partial charge in [0.2, 0.25) is 0 Å². The molecule has 90 valence electrons. The maximum atomic E-state index is 5.83. The number of aromatic nitrogens is 3. The Morgan fingerprint density at radius 2 is 2.06 bits per heavy atom. The molecule has 4 nitrogen and oxygen atoms in total. The molecule has 0 saturated carbocycles. The number of pyridine rings is 1. The van der Waals surface area contributed by atoms with Gasteiger partial charge in [-0.2, -0.15) is 5.10 Å². The van der Waals surface area contributed by atoms with Crippen molar-refractivity contribution in [3.8, 4) is 5.82 Å². The SMILES string of the molecule is CC(C)(C)Nc1cccc(-n2cc(Cl)cn2)n1. The first-order valence-corrected chi connectivity index (χ1v) is 5.78. The summed E-state index contributed by atoms with van der Waals surface area (Å²) in [6.45, 7) is 6.27. The Labute approximate surface area is 106 Å². The minimum Gasteiger partial charge on any atom is -0.365 e. The molecule has 0 atom stereocenters. The lowest BCUT2D eigenvalue weighted by Gasteiger charge is -2.21. The summed E-state index contributed by atoms with van der Waals surface area (Å²) >= 11 is 5.83. The summed E-state index contributed by atoms with van der Waals surface area (Å²) in [4.78, 5) is 4.47. The van der Waals surface area contributed by atoms with Crippen LogP contribution in [0.25, 0.3) is 5.82 Å². The molecule has 2 rings (SSSR count). The minimum atomic E-state index is -0.0205. The number of hydrogen-bond donors (Lipinski definition) is 1. The summed E-state index contributed by atoms with van der Waals surface area (Å²) in [6.07, 6.45) is 3.32. The molecule has 0 fully saturated rings. The third-order valence-electron chi connectivity index (χ3n) is 2.02. The van der Waals surface area contributed by atoms with Crippen molar-refractivity contribution in [3.05, 3.63) is 35.6 Å². The van der Waals surface area contributed by atoms with Gasteiger partial charge in [0.05, 0.1) is 17.4 Å². The Morgan fingerprint density at radius 1 is 1.29 bits per heavy atom. The summed E-state index contributed by atoms with van der Waals surface area (Å²) in [6, 6.07) is 5.75. The highest BCUT2D eigenvalue weighted by Gasteiger charge is 2.10. The number of hydrogen-bond acceptors (Lipinski definition) is 3. The first-order chi connectivity index (χ1) is 7.94. The summed E-state index contributed by atoms with van der Waals surface area (Å²) in [5, 5.41) is 8.03. The lowest BCUT2D eigenvalue weighted by Crippen LogP contribution is -2.26. The summed E-state index contributed by atoms with van der Waals surface area (Å²) < 4.78 is 1.65. The number of anilines is 1. The van der Waals surface area contributed by atoms with E-state index in [9.17, 15) is 0 Å². The van der Waals surface area contributed by atoms with Gasteiger partial charge in [0.25, 0.3) is 0 Å². The third-order valence-corrected chi connectivity index (χ3v) is 2.22. The Bertz CT molecular complexity index is 513. The van der Waals surface area contributed by atoms with Gasteiger partial charge in [0.15, 0.2) is 5.82 Å². The molecule has 0 aliphatic heterocycles. The van der Waals surface area contributed by atoms with Crippen LogP contribution in [-0.4, -0.2) is 20.3 Å². The molecule has 0 spiro atoms. The predicted octanol–water partition coefficient (Wildman–Crippen LogP) is 3.13. The molecule has 17 heavy (non-hydrogen) atoms. The fourth-order valence-corrected chi connectivity index (χ4v) is 1.57. The second kappa shape index (κ2) is 4.37. The van der Waals surface area contributed by atoms with E-state index in [4.69, 9.17) is 11.6 Å². The number of nitrogens with one attached hydrogen (secondary N) is 1. The summed E-state index contributed by atoms with van der Waals surface area (Å²) in [5.41, 5.74) is -0.0205. The van der Waals surface area contributed by atoms with Gasteiger partial charge in [0, 0.05) is 5.54 Å². The minimum absolute atomic E-state index is 0.0205. The van der Waals surface area contributed by atoms with Gasteiger partial charge >= 0.3 is 0 Å². The average molecular weight is 251 g/mol. The maximum Gasteiger partial charge on any atom is 0.155 e. The van der Waals surface area contributed by atoms with E-state index < -0.39 is 0 Å². The van der Waals surface area contributed by atoms with Crippen molar-refractivity contribution in [2.45, 2.75) is 26.3 Å². The van der Waals surface area contributed by atoms with Crippen LogP contribution in [0.2, 0.25) is 5.02 Å². The van der Waals surface area contributed by atoms with E-state index in [0.29, 0.717) is 5.02 Å². The molecule has 0 aromatic carbocycles. The molecule has 0 aliphatic rings. The molecule has 0 saturated heterocycles. The fraction of sp³-hybridized carbons (Fsp3) is 0.333. The quantitative estimate of drug-likeness (QED) is 0.891. The normalized spacial score (nSPS) is 11.5. The number of nitrogens with zero attached hydrogens (tertiary/aromatic N) is 3. The Hall–Kier alpha value is -1.55. The molecule has 0 bridgehead atoms. The summed E-state index contributed by atoms with van der Waals surface area (Å²) in [5.74, 6) is 1.56. The van der Waals surface area contributed by atoms with Gasteiger partial charge < -0.3 is 5.32 Å². The largest absolute Gasteiger partial charge is 0.365 e.